The van der Waals surface area contributed by atoms with Crippen LogP contribution in [-0.4, -0.2) is 35.4 Å². The summed E-state index contributed by atoms with van der Waals surface area (Å²) in [7, 11) is 1.70. The number of thiazole rings is 1. The highest BCUT2D eigenvalue weighted by atomic mass is 32.1. The zero-order valence-electron chi connectivity index (χ0n) is 15.2. The number of benzene rings is 2. The SMILES string of the molecule is C[C@@H](c1ccccc1)N(C)C(=O)COC(=O)c1csc(-c2ccccc2)n1. The average Bonchev–Trinajstić information content (AvgIpc) is 3.22. The Morgan fingerprint density at radius 2 is 1.70 bits per heavy atom. The van der Waals surface area contributed by atoms with Gasteiger partial charge in [0.25, 0.3) is 5.91 Å². The van der Waals surface area contributed by atoms with Crippen molar-refractivity contribution in [2.75, 3.05) is 13.7 Å². The summed E-state index contributed by atoms with van der Waals surface area (Å²) in [4.78, 5) is 30.4. The Bertz CT molecular complexity index is 909. The normalized spacial score (nSPS) is 11.6. The van der Waals surface area contributed by atoms with Gasteiger partial charge in [-0.15, -0.1) is 11.3 Å². The van der Waals surface area contributed by atoms with Crippen LogP contribution in [0.25, 0.3) is 10.6 Å². The minimum atomic E-state index is -0.595. The molecule has 138 valence electrons. The molecule has 0 N–H and O–H groups in total. The fraction of sp³-hybridized carbons (Fsp3) is 0.190. The number of amides is 1. The summed E-state index contributed by atoms with van der Waals surface area (Å²) < 4.78 is 5.16. The van der Waals surface area contributed by atoms with Gasteiger partial charge in [-0.1, -0.05) is 60.7 Å². The summed E-state index contributed by atoms with van der Waals surface area (Å²) in [6.07, 6.45) is 0. The van der Waals surface area contributed by atoms with Crippen LogP contribution in [0.5, 0.6) is 0 Å². The molecule has 0 fully saturated rings. The number of hydrogen-bond acceptors (Lipinski definition) is 5. The van der Waals surface area contributed by atoms with Crippen LogP contribution >= 0.6 is 11.3 Å². The number of hydrogen-bond donors (Lipinski definition) is 0. The van der Waals surface area contributed by atoms with Crippen molar-refractivity contribution in [1.29, 1.82) is 0 Å². The van der Waals surface area contributed by atoms with Crippen molar-refractivity contribution in [3.8, 4) is 10.6 Å². The van der Waals surface area contributed by atoms with Crippen molar-refractivity contribution in [2.24, 2.45) is 0 Å². The van der Waals surface area contributed by atoms with E-state index < -0.39 is 5.97 Å². The number of likely N-dealkylation sites (N-methyl/N-ethyl adjacent to an activating group) is 1. The third-order valence-electron chi connectivity index (χ3n) is 4.32. The van der Waals surface area contributed by atoms with E-state index in [1.807, 2.05) is 67.6 Å². The van der Waals surface area contributed by atoms with E-state index in [9.17, 15) is 9.59 Å². The fourth-order valence-corrected chi connectivity index (χ4v) is 3.35. The first-order valence-electron chi connectivity index (χ1n) is 8.55. The molecule has 0 bridgehead atoms. The average molecular weight is 380 g/mol. The molecule has 0 aliphatic carbocycles. The predicted octanol–water partition coefficient (Wildman–Crippen LogP) is 4.19. The van der Waals surface area contributed by atoms with Gasteiger partial charge in [0.2, 0.25) is 0 Å². The fourth-order valence-electron chi connectivity index (χ4n) is 2.56. The maximum atomic E-state index is 12.4. The van der Waals surface area contributed by atoms with E-state index in [4.69, 9.17) is 4.74 Å². The Morgan fingerprint density at radius 3 is 2.37 bits per heavy atom. The highest BCUT2D eigenvalue weighted by Gasteiger charge is 2.20. The Kier molecular flexibility index (Phi) is 5.98. The monoisotopic (exact) mass is 380 g/mol. The van der Waals surface area contributed by atoms with Gasteiger partial charge in [-0.25, -0.2) is 9.78 Å². The Labute approximate surface area is 162 Å². The molecule has 1 amide bonds. The lowest BCUT2D eigenvalue weighted by Gasteiger charge is -2.25. The van der Waals surface area contributed by atoms with Crippen LogP contribution in [0.4, 0.5) is 0 Å². The van der Waals surface area contributed by atoms with E-state index in [-0.39, 0.29) is 24.2 Å². The summed E-state index contributed by atoms with van der Waals surface area (Å²) in [5, 5.41) is 2.38. The molecule has 3 rings (SSSR count). The lowest BCUT2D eigenvalue weighted by Crippen LogP contribution is -2.33. The largest absolute Gasteiger partial charge is 0.451 e. The Balaban J connectivity index is 1.57. The van der Waals surface area contributed by atoms with Gasteiger partial charge in [-0.05, 0) is 12.5 Å². The third kappa shape index (κ3) is 4.60. The van der Waals surface area contributed by atoms with Gasteiger partial charge in [-0.3, -0.25) is 4.79 Å². The molecule has 27 heavy (non-hydrogen) atoms. The first-order valence-corrected chi connectivity index (χ1v) is 9.43. The van der Waals surface area contributed by atoms with Gasteiger partial charge in [-0.2, -0.15) is 0 Å². The number of rotatable bonds is 6. The molecule has 0 unspecified atom stereocenters. The lowest BCUT2D eigenvalue weighted by atomic mass is 10.1. The summed E-state index contributed by atoms with van der Waals surface area (Å²) in [5.41, 5.74) is 2.17. The van der Waals surface area contributed by atoms with Gasteiger partial charge in [0.05, 0.1) is 6.04 Å². The topological polar surface area (TPSA) is 59.5 Å². The van der Waals surface area contributed by atoms with Crippen molar-refractivity contribution in [3.05, 3.63) is 77.3 Å². The second kappa shape index (κ2) is 8.60. The van der Waals surface area contributed by atoms with Crippen molar-refractivity contribution in [2.45, 2.75) is 13.0 Å². The second-order valence-electron chi connectivity index (χ2n) is 6.07. The van der Waals surface area contributed by atoms with Crippen LogP contribution in [0.2, 0.25) is 0 Å². The molecular weight excluding hydrogens is 360 g/mol. The highest BCUT2D eigenvalue weighted by molar-refractivity contribution is 7.13. The molecule has 2 aromatic carbocycles. The van der Waals surface area contributed by atoms with E-state index in [1.165, 1.54) is 11.3 Å². The Hall–Kier alpha value is -2.99. The van der Waals surface area contributed by atoms with Crippen LogP contribution in [-0.2, 0) is 9.53 Å². The number of aromatic nitrogens is 1. The van der Waals surface area contributed by atoms with Gasteiger partial charge >= 0.3 is 5.97 Å². The molecule has 0 radical (unpaired) electrons. The number of ether oxygens (including phenoxy) is 1. The van der Waals surface area contributed by atoms with E-state index in [0.29, 0.717) is 0 Å². The van der Waals surface area contributed by atoms with Crippen molar-refractivity contribution in [1.82, 2.24) is 9.88 Å². The molecule has 0 aliphatic rings. The van der Waals surface area contributed by atoms with Gasteiger partial charge in [0, 0.05) is 18.0 Å². The molecule has 1 heterocycles. The minimum absolute atomic E-state index is 0.110. The van der Waals surface area contributed by atoms with Crippen molar-refractivity contribution < 1.29 is 14.3 Å². The number of esters is 1. The molecule has 1 atom stereocenters. The van der Waals surface area contributed by atoms with Crippen LogP contribution in [0.3, 0.4) is 0 Å². The molecule has 5 nitrogen and oxygen atoms in total. The van der Waals surface area contributed by atoms with E-state index in [1.54, 1.807) is 17.3 Å². The van der Waals surface area contributed by atoms with Gasteiger partial charge < -0.3 is 9.64 Å². The Morgan fingerprint density at radius 1 is 1.07 bits per heavy atom. The first kappa shape index (κ1) is 18.8. The smallest absolute Gasteiger partial charge is 0.358 e. The number of carbonyl (C=O) groups is 2. The molecule has 3 aromatic rings. The van der Waals surface area contributed by atoms with Crippen LogP contribution < -0.4 is 0 Å². The molecule has 0 spiro atoms. The maximum absolute atomic E-state index is 12.4. The quantitative estimate of drug-likeness (QED) is 0.602. The van der Waals surface area contributed by atoms with Crippen LogP contribution in [0, 0.1) is 0 Å². The number of carbonyl (C=O) groups excluding carboxylic acids is 2. The first-order chi connectivity index (χ1) is 13.1. The van der Waals surface area contributed by atoms with Gasteiger partial charge in [0.15, 0.2) is 12.3 Å². The second-order valence-corrected chi connectivity index (χ2v) is 6.93. The zero-order chi connectivity index (χ0) is 19.2. The summed E-state index contributed by atoms with van der Waals surface area (Å²) >= 11 is 1.37. The third-order valence-corrected chi connectivity index (χ3v) is 5.21. The molecule has 0 aliphatic heterocycles. The molecule has 0 saturated carbocycles. The van der Waals surface area contributed by atoms with E-state index in [0.717, 1.165) is 16.1 Å². The predicted molar refractivity (Wildman–Crippen MR) is 105 cm³/mol. The molecule has 0 saturated heterocycles. The maximum Gasteiger partial charge on any atom is 0.358 e. The van der Waals surface area contributed by atoms with E-state index in [2.05, 4.69) is 4.98 Å². The van der Waals surface area contributed by atoms with Crippen LogP contribution in [0.1, 0.15) is 29.0 Å². The van der Waals surface area contributed by atoms with Crippen molar-refractivity contribution in [3.63, 3.8) is 0 Å². The molecule has 1 aromatic heterocycles. The highest BCUT2D eigenvalue weighted by Crippen LogP contribution is 2.23. The molecule has 6 heteroatoms. The number of nitrogens with zero attached hydrogens (tertiary/aromatic N) is 2. The van der Waals surface area contributed by atoms with E-state index >= 15 is 0 Å². The standard InChI is InChI=1S/C21H20N2O3S/c1-15(16-9-5-3-6-10-16)23(2)19(24)13-26-21(25)18-14-27-20(22-18)17-11-7-4-8-12-17/h3-12,14-15H,13H2,1-2H3/t15-/m0/s1. The van der Waals surface area contributed by atoms with Crippen molar-refractivity contribution >= 4 is 23.2 Å². The zero-order valence-corrected chi connectivity index (χ0v) is 16.0. The molecular formula is C21H20N2O3S. The summed E-state index contributed by atoms with van der Waals surface area (Å²) in [6, 6.07) is 19.2. The lowest BCUT2D eigenvalue weighted by molar-refractivity contribution is -0.135. The van der Waals surface area contributed by atoms with Crippen LogP contribution in [0.15, 0.2) is 66.0 Å². The minimum Gasteiger partial charge on any atom is -0.451 e. The summed E-state index contributed by atoms with van der Waals surface area (Å²) in [6.45, 7) is 1.62. The van der Waals surface area contributed by atoms with Gasteiger partial charge in [0.1, 0.15) is 5.01 Å². The summed E-state index contributed by atoms with van der Waals surface area (Å²) in [5.74, 6) is -0.860.